The van der Waals surface area contributed by atoms with Gasteiger partial charge in [0.05, 0.1) is 11.4 Å². The summed E-state index contributed by atoms with van der Waals surface area (Å²) in [6.45, 7) is 10.2. The van der Waals surface area contributed by atoms with Crippen LogP contribution >= 0.6 is 0 Å². The van der Waals surface area contributed by atoms with E-state index in [1.165, 1.54) is 25.0 Å². The Morgan fingerprint density at radius 3 is 1.61 bits per heavy atom. The van der Waals surface area contributed by atoms with Crippen LogP contribution in [0.25, 0.3) is 0 Å². The van der Waals surface area contributed by atoms with Crippen LogP contribution in [0.15, 0.2) is 77.7 Å². The van der Waals surface area contributed by atoms with Crippen LogP contribution in [0.3, 0.4) is 0 Å². The molecule has 3 N–H and O–H groups in total. The lowest BCUT2D eigenvalue weighted by atomic mass is 9.84. The Labute approximate surface area is 262 Å². The lowest BCUT2D eigenvalue weighted by Crippen LogP contribution is -2.32. The number of amides is 1. The number of hydrogen-bond acceptors (Lipinski definition) is 7. The van der Waals surface area contributed by atoms with E-state index in [0.29, 0.717) is 53.5 Å². The lowest BCUT2D eigenvalue weighted by molar-refractivity contribution is -0.119. The molecule has 0 aliphatic heterocycles. The number of carbonyl (C=O) groups excluding carboxylic acids is 3. The van der Waals surface area contributed by atoms with Gasteiger partial charge in [-0.1, -0.05) is 89.1 Å². The number of fused-ring (bicyclic) bond motifs is 2. The van der Waals surface area contributed by atoms with Crippen molar-refractivity contribution in [1.82, 2.24) is 14.9 Å². The molecule has 0 spiro atoms. The van der Waals surface area contributed by atoms with E-state index in [1.807, 2.05) is 32.8 Å². The van der Waals surface area contributed by atoms with Crippen molar-refractivity contribution in [2.45, 2.75) is 45.4 Å². The second-order valence-corrected chi connectivity index (χ2v) is 12.8. The van der Waals surface area contributed by atoms with Crippen molar-refractivity contribution in [2.24, 2.45) is 5.92 Å². The van der Waals surface area contributed by atoms with Crippen molar-refractivity contribution in [3.63, 3.8) is 0 Å². The Morgan fingerprint density at radius 1 is 0.773 bits per heavy atom. The molecule has 3 aromatic carbocycles. The lowest BCUT2D eigenvalue weighted by Gasteiger charge is -2.16. The molecule has 1 aliphatic carbocycles. The van der Waals surface area contributed by atoms with Gasteiger partial charge in [-0.05, 0) is 44.3 Å². The normalized spacial score (nSPS) is 11.9. The number of carbonyl (C=O) groups is 3. The van der Waals surface area contributed by atoms with Gasteiger partial charge in [0.25, 0.3) is 0 Å². The molecular weight excluding hydrogens is 576 g/mol. The van der Waals surface area contributed by atoms with Gasteiger partial charge in [0, 0.05) is 47.6 Å². The van der Waals surface area contributed by atoms with Crippen LogP contribution < -0.4 is 15.4 Å². The van der Waals surface area contributed by atoms with Crippen molar-refractivity contribution in [3.8, 4) is 0 Å². The maximum Gasteiger partial charge on any atom is 0.240 e. The number of rotatable bonds is 11. The number of hydrogen-bond donors (Lipinski definition) is 3. The SMILES string of the molecule is CC(C)CNC(=O)CNc1ccc(S(=O)(=O)NCCN(C)C)cc1.CCCC.O=C1c2ccccc2C(=O)c2ccccc21. The van der Waals surface area contributed by atoms with E-state index in [9.17, 15) is 22.8 Å². The summed E-state index contributed by atoms with van der Waals surface area (Å²) in [5.74, 6) is 0.181. The topological polar surface area (TPSA) is 125 Å². The molecule has 0 saturated heterocycles. The second kappa shape index (κ2) is 18.1. The summed E-state index contributed by atoms with van der Waals surface area (Å²) < 4.78 is 26.8. The molecule has 44 heavy (non-hydrogen) atoms. The number of sulfonamides is 1. The van der Waals surface area contributed by atoms with Crippen molar-refractivity contribution in [2.75, 3.05) is 45.6 Å². The summed E-state index contributed by atoms with van der Waals surface area (Å²) in [5, 5.41) is 5.78. The van der Waals surface area contributed by atoms with Crippen molar-refractivity contribution < 1.29 is 22.8 Å². The van der Waals surface area contributed by atoms with Crippen molar-refractivity contribution in [1.29, 1.82) is 0 Å². The van der Waals surface area contributed by atoms with Crippen LogP contribution in [0, 0.1) is 5.92 Å². The summed E-state index contributed by atoms with van der Waals surface area (Å²) in [6, 6.07) is 20.2. The van der Waals surface area contributed by atoms with Gasteiger partial charge in [-0.2, -0.15) is 0 Å². The predicted octanol–water partition coefficient (Wildman–Crippen LogP) is 4.98. The molecule has 0 bridgehead atoms. The summed E-state index contributed by atoms with van der Waals surface area (Å²) in [6.07, 6.45) is 2.64. The highest BCUT2D eigenvalue weighted by molar-refractivity contribution is 7.89. The highest BCUT2D eigenvalue weighted by Gasteiger charge is 2.28. The average molecular weight is 623 g/mol. The fourth-order valence-corrected chi connectivity index (χ4v) is 4.87. The van der Waals surface area contributed by atoms with Crippen LogP contribution in [0.1, 0.15) is 72.4 Å². The number of benzene rings is 3. The van der Waals surface area contributed by atoms with Gasteiger partial charge in [-0.15, -0.1) is 0 Å². The third kappa shape index (κ3) is 11.3. The predicted molar refractivity (Wildman–Crippen MR) is 177 cm³/mol. The van der Waals surface area contributed by atoms with Gasteiger partial charge in [-0.25, -0.2) is 13.1 Å². The van der Waals surface area contributed by atoms with Gasteiger partial charge in [0.15, 0.2) is 11.6 Å². The van der Waals surface area contributed by atoms with E-state index in [2.05, 4.69) is 29.2 Å². The summed E-state index contributed by atoms with van der Waals surface area (Å²) in [5.41, 5.74) is 2.72. The van der Waals surface area contributed by atoms with Crippen LogP contribution in [0.2, 0.25) is 0 Å². The molecule has 4 rings (SSSR count). The van der Waals surface area contributed by atoms with E-state index in [0.717, 1.165) is 0 Å². The molecular formula is C34H46N4O5S. The summed E-state index contributed by atoms with van der Waals surface area (Å²) in [4.78, 5) is 37.9. The molecule has 0 fully saturated rings. The number of nitrogens with zero attached hydrogens (tertiary/aromatic N) is 1. The number of anilines is 1. The van der Waals surface area contributed by atoms with Crippen molar-refractivity contribution >= 4 is 33.2 Å². The van der Waals surface area contributed by atoms with Crippen LogP contribution in [-0.4, -0.2) is 71.1 Å². The molecule has 0 unspecified atom stereocenters. The Hall–Kier alpha value is -3.86. The molecule has 10 heteroatoms. The third-order valence-electron chi connectivity index (χ3n) is 6.51. The van der Waals surface area contributed by atoms with Crippen LogP contribution in [-0.2, 0) is 14.8 Å². The zero-order valence-electron chi connectivity index (χ0n) is 26.6. The number of nitrogens with one attached hydrogen (secondary N) is 3. The maximum absolute atomic E-state index is 12.1. The highest BCUT2D eigenvalue weighted by Crippen LogP contribution is 2.26. The van der Waals surface area contributed by atoms with Gasteiger partial charge < -0.3 is 15.5 Å². The van der Waals surface area contributed by atoms with E-state index in [1.54, 1.807) is 60.7 Å². The second-order valence-electron chi connectivity index (χ2n) is 11.0. The van der Waals surface area contributed by atoms with Crippen LogP contribution in [0.4, 0.5) is 5.69 Å². The van der Waals surface area contributed by atoms with Crippen LogP contribution in [0.5, 0.6) is 0 Å². The Bertz CT molecular complexity index is 1380. The number of unbranched alkanes of at least 4 members (excludes halogenated alkanes) is 1. The first-order valence-electron chi connectivity index (χ1n) is 14.9. The molecule has 1 amide bonds. The molecule has 1 aliphatic rings. The minimum atomic E-state index is -3.51. The quantitative estimate of drug-likeness (QED) is 0.216. The molecule has 0 atom stereocenters. The standard InChI is InChI=1S/C16H28N4O3S.C14H8O2.C4H10/c1-13(2)11-18-16(21)12-17-14-5-7-15(8-6-14)24(22,23)19-9-10-20(3)4;15-13-9-5-1-2-6-10(9)14(16)12-8-4-3-7-11(12)13;1-3-4-2/h5-8,13,17,19H,9-12H2,1-4H3,(H,18,21);1-8H;3-4H2,1-2H3. The van der Waals surface area contributed by atoms with E-state index in [-0.39, 0.29) is 28.9 Å². The number of likely N-dealkylation sites (N-methyl/N-ethyl adjacent to an activating group) is 1. The Morgan fingerprint density at radius 2 is 1.23 bits per heavy atom. The fraction of sp³-hybridized carbons (Fsp3) is 0.382. The van der Waals surface area contributed by atoms with E-state index in [4.69, 9.17) is 0 Å². The third-order valence-corrected chi connectivity index (χ3v) is 7.99. The molecule has 0 aromatic heterocycles. The zero-order chi connectivity index (χ0) is 32.7. The molecule has 238 valence electrons. The highest BCUT2D eigenvalue weighted by atomic mass is 32.2. The van der Waals surface area contributed by atoms with E-state index >= 15 is 0 Å². The van der Waals surface area contributed by atoms with Gasteiger partial charge in [-0.3, -0.25) is 14.4 Å². The van der Waals surface area contributed by atoms with Gasteiger partial charge >= 0.3 is 0 Å². The first kappa shape index (κ1) is 36.3. The maximum atomic E-state index is 12.1. The molecule has 0 saturated carbocycles. The Kier molecular flexibility index (Phi) is 14.9. The van der Waals surface area contributed by atoms with Gasteiger partial charge in [0.1, 0.15) is 0 Å². The fourth-order valence-electron chi connectivity index (χ4n) is 3.85. The zero-order valence-corrected chi connectivity index (χ0v) is 27.5. The van der Waals surface area contributed by atoms with Gasteiger partial charge in [0.2, 0.25) is 15.9 Å². The minimum Gasteiger partial charge on any atom is -0.376 e. The first-order valence-corrected chi connectivity index (χ1v) is 16.4. The largest absolute Gasteiger partial charge is 0.376 e. The van der Waals surface area contributed by atoms with E-state index < -0.39 is 10.0 Å². The minimum absolute atomic E-state index is 0.0641. The monoisotopic (exact) mass is 622 g/mol. The smallest absolute Gasteiger partial charge is 0.240 e. The summed E-state index contributed by atoms with van der Waals surface area (Å²) >= 11 is 0. The molecule has 9 nitrogen and oxygen atoms in total. The Balaban J connectivity index is 0.000000288. The average Bonchev–Trinajstić information content (AvgIpc) is 3.02. The molecule has 0 heterocycles. The molecule has 0 radical (unpaired) electrons. The summed E-state index contributed by atoms with van der Waals surface area (Å²) in [7, 11) is 0.256. The molecule has 3 aromatic rings. The first-order chi connectivity index (χ1) is 20.9. The number of ketones is 2. The van der Waals surface area contributed by atoms with Crippen molar-refractivity contribution in [3.05, 3.63) is 95.1 Å².